The second-order valence-corrected chi connectivity index (χ2v) is 8.22. The quantitative estimate of drug-likeness (QED) is 0.587. The van der Waals surface area contributed by atoms with E-state index in [2.05, 4.69) is 10.1 Å². The van der Waals surface area contributed by atoms with Gasteiger partial charge in [-0.25, -0.2) is 4.39 Å². The maximum absolute atomic E-state index is 14.5. The lowest BCUT2D eigenvalue weighted by molar-refractivity contribution is 0.0627. The number of halogens is 2. The van der Waals surface area contributed by atoms with E-state index in [-0.39, 0.29) is 34.5 Å². The Bertz CT molecular complexity index is 1150. The first-order chi connectivity index (χ1) is 15.5. The summed E-state index contributed by atoms with van der Waals surface area (Å²) in [6.45, 7) is 5.15. The molecule has 2 aliphatic rings. The molecule has 2 aliphatic heterocycles. The minimum absolute atomic E-state index is 0.0795. The van der Waals surface area contributed by atoms with Crippen molar-refractivity contribution in [3.63, 3.8) is 0 Å². The summed E-state index contributed by atoms with van der Waals surface area (Å²) in [4.78, 5) is 17.3. The van der Waals surface area contributed by atoms with Crippen LogP contribution in [0, 0.1) is 12.7 Å². The van der Waals surface area contributed by atoms with Crippen LogP contribution >= 0.6 is 11.6 Å². The van der Waals surface area contributed by atoms with Crippen molar-refractivity contribution in [3.8, 4) is 22.8 Å². The van der Waals surface area contributed by atoms with Crippen LogP contribution in [0.5, 0.6) is 11.5 Å². The predicted octanol–water partition coefficient (Wildman–Crippen LogP) is 4.13. The van der Waals surface area contributed by atoms with Crippen LogP contribution in [0.2, 0.25) is 5.02 Å². The number of fused-ring (bicyclic) bond motifs is 1. The molecule has 5 rings (SSSR count). The normalized spacial score (nSPS) is 15.9. The number of aromatic nitrogens is 1. The number of hydrogen-bond donors (Lipinski definition) is 0. The summed E-state index contributed by atoms with van der Waals surface area (Å²) in [7, 11) is 0. The highest BCUT2D eigenvalue weighted by Gasteiger charge is 2.30. The minimum atomic E-state index is -0.548. The molecular formula is C23H21ClFN3O4. The first kappa shape index (κ1) is 20.8. The molecule has 1 fully saturated rings. The van der Waals surface area contributed by atoms with Crippen LogP contribution < -0.4 is 9.47 Å². The zero-order valence-electron chi connectivity index (χ0n) is 17.4. The predicted molar refractivity (Wildman–Crippen MR) is 115 cm³/mol. The monoisotopic (exact) mass is 457 g/mol. The smallest absolute Gasteiger partial charge is 0.259 e. The third kappa shape index (κ3) is 3.80. The number of ether oxygens (including phenoxy) is 2. The highest BCUT2D eigenvalue weighted by atomic mass is 35.5. The SMILES string of the molecule is Cc1onc(-c2c(F)cccc2Cl)c1C(=O)N1CCN(Cc2ccc3c(c2)OCO3)CC1. The molecule has 32 heavy (non-hydrogen) atoms. The van der Waals surface area contributed by atoms with E-state index in [1.165, 1.54) is 12.1 Å². The van der Waals surface area contributed by atoms with Gasteiger partial charge in [-0.05, 0) is 36.8 Å². The van der Waals surface area contributed by atoms with Crippen LogP contribution in [0.25, 0.3) is 11.3 Å². The molecule has 0 bridgehead atoms. The van der Waals surface area contributed by atoms with Crippen molar-refractivity contribution in [3.05, 3.63) is 64.1 Å². The standard InChI is InChI=1S/C23H21ClFN3O4/c1-14-20(22(26-32-14)21-16(24)3-2-4-17(21)25)23(29)28-9-7-27(8-10-28)12-15-5-6-18-19(11-15)31-13-30-18/h2-6,11H,7-10,12-13H2,1H3. The Hall–Kier alpha value is -3.10. The average Bonchev–Trinajstić information content (AvgIpc) is 3.40. The second kappa shape index (κ2) is 8.44. The number of piperazine rings is 1. The van der Waals surface area contributed by atoms with Crippen molar-refractivity contribution in [1.29, 1.82) is 0 Å². The molecule has 0 N–H and O–H groups in total. The van der Waals surface area contributed by atoms with Gasteiger partial charge in [-0.15, -0.1) is 0 Å². The molecular weight excluding hydrogens is 437 g/mol. The molecule has 1 amide bonds. The summed E-state index contributed by atoms with van der Waals surface area (Å²) in [5, 5.41) is 4.12. The number of carbonyl (C=O) groups is 1. The summed E-state index contributed by atoms with van der Waals surface area (Å²) in [5.74, 6) is 1.08. The van der Waals surface area contributed by atoms with Crippen LogP contribution in [0.3, 0.4) is 0 Å². The molecule has 1 saturated heterocycles. The lowest BCUT2D eigenvalue weighted by Gasteiger charge is -2.34. The van der Waals surface area contributed by atoms with Crippen LogP contribution in [0.1, 0.15) is 21.7 Å². The molecule has 7 nitrogen and oxygen atoms in total. The Morgan fingerprint density at radius 3 is 2.69 bits per heavy atom. The van der Waals surface area contributed by atoms with Gasteiger partial charge in [0.1, 0.15) is 22.8 Å². The number of benzene rings is 2. The van der Waals surface area contributed by atoms with E-state index >= 15 is 0 Å². The Labute approximate surface area is 189 Å². The van der Waals surface area contributed by atoms with Crippen LogP contribution in [0.4, 0.5) is 4.39 Å². The van der Waals surface area contributed by atoms with Crippen LogP contribution in [-0.2, 0) is 6.54 Å². The molecule has 9 heteroatoms. The summed E-state index contributed by atoms with van der Waals surface area (Å²) in [6.07, 6.45) is 0. The fourth-order valence-electron chi connectivity index (χ4n) is 4.08. The van der Waals surface area contributed by atoms with E-state index < -0.39 is 5.82 Å². The Morgan fingerprint density at radius 1 is 1.12 bits per heavy atom. The van der Waals surface area contributed by atoms with Crippen molar-refractivity contribution in [2.45, 2.75) is 13.5 Å². The molecule has 0 unspecified atom stereocenters. The first-order valence-electron chi connectivity index (χ1n) is 10.3. The number of hydrogen-bond acceptors (Lipinski definition) is 6. The second-order valence-electron chi connectivity index (χ2n) is 7.81. The van der Waals surface area contributed by atoms with E-state index in [9.17, 15) is 9.18 Å². The highest BCUT2D eigenvalue weighted by Crippen LogP contribution is 2.35. The zero-order chi connectivity index (χ0) is 22.2. The molecule has 0 radical (unpaired) electrons. The van der Waals surface area contributed by atoms with Gasteiger partial charge in [0.2, 0.25) is 6.79 Å². The van der Waals surface area contributed by atoms with E-state index in [4.69, 9.17) is 25.6 Å². The first-order valence-corrected chi connectivity index (χ1v) is 10.7. The van der Waals surface area contributed by atoms with Gasteiger partial charge in [-0.1, -0.05) is 28.9 Å². The van der Waals surface area contributed by atoms with Crippen molar-refractivity contribution < 1.29 is 23.2 Å². The van der Waals surface area contributed by atoms with Gasteiger partial charge in [0.05, 0.1) is 10.6 Å². The number of carbonyl (C=O) groups excluding carboxylic acids is 1. The van der Waals surface area contributed by atoms with Gasteiger partial charge < -0.3 is 18.9 Å². The Kier molecular flexibility index (Phi) is 5.48. The van der Waals surface area contributed by atoms with E-state index in [0.29, 0.717) is 31.9 Å². The van der Waals surface area contributed by atoms with Crippen molar-refractivity contribution in [1.82, 2.24) is 15.0 Å². The van der Waals surface area contributed by atoms with Crippen LogP contribution in [-0.4, -0.2) is 53.8 Å². The summed E-state index contributed by atoms with van der Waals surface area (Å²) >= 11 is 6.20. The van der Waals surface area contributed by atoms with Gasteiger partial charge in [0, 0.05) is 32.7 Å². The number of amides is 1. The van der Waals surface area contributed by atoms with Gasteiger partial charge in [0.15, 0.2) is 11.5 Å². The number of aryl methyl sites for hydroxylation is 1. The lowest BCUT2D eigenvalue weighted by Crippen LogP contribution is -2.48. The third-order valence-electron chi connectivity index (χ3n) is 5.78. The molecule has 3 aromatic rings. The minimum Gasteiger partial charge on any atom is -0.454 e. The average molecular weight is 458 g/mol. The number of nitrogens with zero attached hydrogens (tertiary/aromatic N) is 3. The van der Waals surface area contributed by atoms with Gasteiger partial charge in [0.25, 0.3) is 5.91 Å². The Balaban J connectivity index is 1.29. The van der Waals surface area contributed by atoms with E-state index in [1.807, 2.05) is 18.2 Å². The molecule has 0 saturated carbocycles. The zero-order valence-corrected chi connectivity index (χ0v) is 18.2. The summed E-state index contributed by atoms with van der Waals surface area (Å²) in [5.41, 5.74) is 1.59. The van der Waals surface area contributed by atoms with E-state index in [0.717, 1.165) is 23.6 Å². The fraction of sp³-hybridized carbons (Fsp3) is 0.304. The fourth-order valence-corrected chi connectivity index (χ4v) is 4.34. The van der Waals surface area contributed by atoms with Gasteiger partial charge in [-0.3, -0.25) is 9.69 Å². The van der Waals surface area contributed by atoms with Gasteiger partial charge >= 0.3 is 0 Å². The van der Waals surface area contributed by atoms with Crippen molar-refractivity contribution in [2.24, 2.45) is 0 Å². The summed E-state index contributed by atoms with van der Waals surface area (Å²) < 4.78 is 30.5. The maximum atomic E-state index is 14.5. The lowest BCUT2D eigenvalue weighted by atomic mass is 10.0. The third-order valence-corrected chi connectivity index (χ3v) is 6.09. The molecule has 2 aromatic carbocycles. The molecule has 3 heterocycles. The molecule has 166 valence electrons. The molecule has 1 aromatic heterocycles. The van der Waals surface area contributed by atoms with Crippen LogP contribution in [0.15, 0.2) is 40.9 Å². The van der Waals surface area contributed by atoms with Gasteiger partial charge in [-0.2, -0.15) is 0 Å². The molecule has 0 atom stereocenters. The van der Waals surface area contributed by atoms with E-state index in [1.54, 1.807) is 17.9 Å². The Morgan fingerprint density at radius 2 is 1.91 bits per heavy atom. The number of rotatable bonds is 4. The van der Waals surface area contributed by atoms with Crippen molar-refractivity contribution >= 4 is 17.5 Å². The molecule has 0 spiro atoms. The summed E-state index contributed by atoms with van der Waals surface area (Å²) in [6, 6.07) is 10.3. The molecule has 0 aliphatic carbocycles. The topological polar surface area (TPSA) is 68.0 Å². The largest absolute Gasteiger partial charge is 0.454 e. The highest BCUT2D eigenvalue weighted by molar-refractivity contribution is 6.33. The maximum Gasteiger partial charge on any atom is 0.259 e. The van der Waals surface area contributed by atoms with Crippen molar-refractivity contribution in [2.75, 3.05) is 33.0 Å².